The summed E-state index contributed by atoms with van der Waals surface area (Å²) in [5.41, 5.74) is -5.53. The first-order valence-electron chi connectivity index (χ1n) is 1.29. The summed E-state index contributed by atoms with van der Waals surface area (Å²) in [4.78, 5) is 0. The molecule has 1 N–H and O–H groups in total. The van der Waals surface area contributed by atoms with E-state index in [9.17, 15) is 13.2 Å². The Morgan fingerprint density at radius 2 is 1.38 bits per heavy atom. The summed E-state index contributed by atoms with van der Waals surface area (Å²) in [5.74, 6) is 0. The van der Waals surface area contributed by atoms with Gasteiger partial charge in [-0.05, 0) is 0 Å². The molecule has 0 aliphatic rings. The van der Waals surface area contributed by atoms with E-state index in [0.717, 1.165) is 0 Å². The van der Waals surface area contributed by atoms with E-state index in [0.29, 0.717) is 0 Å². The molecule has 8 heavy (non-hydrogen) atoms. The molecule has 0 atom stereocenters. The number of hydrogen-bond donors (Lipinski definition) is 1. The van der Waals surface area contributed by atoms with E-state index in [1.165, 1.54) is 0 Å². The van der Waals surface area contributed by atoms with Crippen molar-refractivity contribution in [3.63, 3.8) is 0 Å². The molecule has 3 nitrogen and oxygen atoms in total. The highest BCUT2D eigenvalue weighted by Crippen LogP contribution is 2.20. The average Bonchev–Trinajstić information content (AvgIpc) is 1.25. The van der Waals surface area contributed by atoms with Crippen LogP contribution in [0, 0.1) is 0 Å². The highest BCUT2D eigenvalue weighted by molar-refractivity contribution is 7.86. The lowest BCUT2D eigenvalue weighted by atomic mass is 11.6. The first-order valence-corrected chi connectivity index (χ1v) is 2.73. The fourth-order valence-electron chi connectivity index (χ4n) is 0. The van der Waals surface area contributed by atoms with Crippen LogP contribution in [0.1, 0.15) is 0 Å². The van der Waals surface area contributed by atoms with Gasteiger partial charge in [0.25, 0.3) is 0 Å². The molecule has 0 aromatic rings. The molecule has 0 saturated carbocycles. The van der Waals surface area contributed by atoms with Gasteiger partial charge < -0.3 is 0 Å². The number of rotatable bonds is 0. The summed E-state index contributed by atoms with van der Waals surface area (Å²) < 4.78 is 57.5. The maximum Gasteiger partial charge on any atom is 0.522 e. The lowest BCUT2D eigenvalue weighted by molar-refractivity contribution is -0.0510. The van der Waals surface area contributed by atoms with E-state index in [4.69, 9.17) is 13.0 Å². The molecule has 0 aliphatic carbocycles. The second kappa shape index (κ2) is 1.59. The lowest BCUT2D eigenvalue weighted by Gasteiger charge is -1.97. The molecule has 0 spiro atoms. The lowest BCUT2D eigenvalue weighted by Crippen LogP contribution is -2.21. The van der Waals surface area contributed by atoms with Gasteiger partial charge in [0.2, 0.25) is 0 Å². The van der Waals surface area contributed by atoms with Crippen LogP contribution in [0.25, 0.3) is 0 Å². The van der Waals surface area contributed by atoms with Gasteiger partial charge in [0.05, 0.1) is 0 Å². The third-order valence-corrected chi connectivity index (χ3v) is 0.877. The molecule has 0 radical (unpaired) electrons. The third-order valence-electron chi connectivity index (χ3n) is 0.292. The van der Waals surface area contributed by atoms with Crippen molar-refractivity contribution in [1.29, 1.82) is 0 Å². The van der Waals surface area contributed by atoms with Crippen LogP contribution in [0.3, 0.4) is 0 Å². The first kappa shape index (κ1) is 7.70. The van der Waals surface area contributed by atoms with Crippen molar-refractivity contribution < 1.29 is 26.1 Å². The minimum atomic E-state index is -5.84. The summed E-state index contributed by atoms with van der Waals surface area (Å²) in [5, 5.41) is 0. The molecule has 0 aliphatic heterocycles. The fourth-order valence-corrected chi connectivity index (χ4v) is 0. The zero-order valence-electron chi connectivity index (χ0n) is 3.31. The van der Waals surface area contributed by atoms with Crippen LogP contribution < -0.4 is 0 Å². The summed E-state index contributed by atoms with van der Waals surface area (Å²) >= 11 is 0. The van der Waals surface area contributed by atoms with E-state index >= 15 is 0 Å². The van der Waals surface area contributed by atoms with Crippen LogP contribution in [-0.4, -0.2) is 18.5 Å². The van der Waals surface area contributed by atoms with Gasteiger partial charge in [-0.15, -0.1) is 0 Å². The van der Waals surface area contributed by atoms with Crippen molar-refractivity contribution in [1.82, 2.24) is 0 Å². The van der Waals surface area contributed by atoms with Crippen LogP contribution in [0.4, 0.5) is 13.2 Å². The molecule has 0 heterocycles. The van der Waals surface area contributed by atoms with Gasteiger partial charge in [-0.1, -0.05) is 0 Å². The van der Waals surface area contributed by atoms with E-state index in [1.807, 2.05) is 0 Å². The molecule has 0 saturated heterocycles. The summed E-state index contributed by atoms with van der Waals surface area (Å²) in [6, 6.07) is 0. The minimum absolute atomic E-state index is 5.53. The van der Waals surface area contributed by atoms with Gasteiger partial charge in [-0.2, -0.15) is 21.6 Å². The van der Waals surface area contributed by atoms with Gasteiger partial charge in [-0.25, -0.2) is 0 Å². The van der Waals surface area contributed by atoms with Crippen molar-refractivity contribution in [2.45, 2.75) is 5.51 Å². The monoisotopic (exact) mass is 152 g/mol. The predicted molar refractivity (Wildman–Crippen MR) is 17.6 cm³/mol. The quantitative estimate of drug-likeness (QED) is 0.310. The van der Waals surface area contributed by atoms with Crippen molar-refractivity contribution in [3.8, 4) is 0 Å². The van der Waals surface area contributed by atoms with Crippen molar-refractivity contribution in [2.75, 3.05) is 0 Å². The normalized spacial score (nSPS) is 14.0. The zero-order chi connectivity index (χ0) is 7.00. The Morgan fingerprint density at radius 1 is 1.25 bits per heavy atom. The van der Waals surface area contributed by atoms with E-state index in [-0.39, 0.29) is 0 Å². The van der Waals surface area contributed by atoms with E-state index in [2.05, 4.69) is 0 Å². The topological polar surface area (TPSA) is 54.4 Å². The molecule has 0 rings (SSSR count). The highest BCUT2D eigenvalue weighted by atomic mass is 32.2. The van der Waals surface area contributed by atoms with Crippen molar-refractivity contribution in [2.24, 2.45) is 0 Å². The Bertz CT molecular complexity index is 163. The molecule has 0 bridgehead atoms. The van der Waals surface area contributed by atoms with Gasteiger partial charge in [0.1, 0.15) is 0 Å². The van der Waals surface area contributed by atoms with Crippen LogP contribution in [0.2, 0.25) is 0 Å². The van der Waals surface area contributed by atoms with E-state index in [1.54, 1.807) is 0 Å². The molecule has 0 aromatic carbocycles. The number of hydrogen-bond acceptors (Lipinski definition) is 2. The molecule has 0 amide bonds. The van der Waals surface area contributed by atoms with Crippen molar-refractivity contribution in [3.05, 3.63) is 0 Å². The molecule has 0 unspecified atom stereocenters. The standard InChI is InChI=1S/CHF3O3S/c2-1(3,4)8(5,6)7/h(H,5,6,7)/i5+2. The molecule has 50 valence electrons. The second-order valence-electron chi connectivity index (χ2n) is 0.921. The summed E-state index contributed by atoms with van der Waals surface area (Å²) in [7, 11) is -5.84. The maximum absolute atomic E-state index is 10.7. The SMILES string of the molecule is O=S(=O)([18OH])C(F)(F)F. The average molecular weight is 152 g/mol. The first-order chi connectivity index (χ1) is 3.25. The number of halogens is 3. The fraction of sp³-hybridized carbons (Fsp3) is 1.00. The Balaban J connectivity index is 4.53. The van der Waals surface area contributed by atoms with E-state index < -0.39 is 15.6 Å². The second-order valence-corrected chi connectivity index (χ2v) is 2.33. The Hall–Kier alpha value is -0.300. The molecule has 0 aromatic heterocycles. The minimum Gasteiger partial charge on any atom is -0.279 e. The van der Waals surface area contributed by atoms with Gasteiger partial charge in [0.15, 0.2) is 0 Å². The summed E-state index contributed by atoms with van der Waals surface area (Å²) in [6.07, 6.45) is 0. The van der Waals surface area contributed by atoms with Crippen LogP contribution in [0.15, 0.2) is 0 Å². The largest absolute Gasteiger partial charge is 0.522 e. The smallest absolute Gasteiger partial charge is 0.279 e. The van der Waals surface area contributed by atoms with Crippen molar-refractivity contribution >= 4 is 10.1 Å². The highest BCUT2D eigenvalue weighted by Gasteiger charge is 2.44. The van der Waals surface area contributed by atoms with Gasteiger partial charge in [-0.3, -0.25) is 4.55 Å². The Kier molecular flexibility index (Phi) is 1.53. The van der Waals surface area contributed by atoms with Crippen LogP contribution in [-0.2, 0) is 10.1 Å². The predicted octanol–water partition coefficient (Wildman–Crippen LogP) is 0.394. The Morgan fingerprint density at radius 3 is 1.38 bits per heavy atom. The molecule has 0 fully saturated rings. The molecular weight excluding hydrogens is 151 g/mol. The molecular formula is CHF3O3S. The third kappa shape index (κ3) is 1.66. The van der Waals surface area contributed by atoms with Gasteiger partial charge >= 0.3 is 15.6 Å². The summed E-state index contributed by atoms with van der Waals surface area (Å²) in [6.45, 7) is 0. The number of alkyl halides is 3. The Labute approximate surface area is 42.9 Å². The van der Waals surface area contributed by atoms with Crippen LogP contribution in [0.5, 0.6) is 0 Å². The van der Waals surface area contributed by atoms with Gasteiger partial charge in [0, 0.05) is 0 Å². The molecule has 7 heteroatoms. The zero-order valence-corrected chi connectivity index (χ0v) is 4.12. The maximum atomic E-state index is 10.7. The van der Waals surface area contributed by atoms with Crippen LogP contribution >= 0.6 is 0 Å².